The van der Waals surface area contributed by atoms with Gasteiger partial charge in [-0.15, -0.1) is 0 Å². The summed E-state index contributed by atoms with van der Waals surface area (Å²) in [6, 6.07) is 15.6. The molecule has 2 aromatic carbocycles. The number of hydrogen-bond donors (Lipinski definition) is 2. The van der Waals surface area contributed by atoms with Crippen molar-refractivity contribution < 1.29 is 18.7 Å². The van der Waals surface area contributed by atoms with Crippen molar-refractivity contribution in [2.75, 3.05) is 5.32 Å². The molecule has 0 bridgehead atoms. The molecule has 29 heavy (non-hydrogen) atoms. The molecule has 1 aliphatic heterocycles. The molecule has 0 unspecified atom stereocenters. The summed E-state index contributed by atoms with van der Waals surface area (Å²) in [5.74, 6) is 1.31. The van der Waals surface area contributed by atoms with E-state index in [4.69, 9.17) is 20.8 Å². The molecule has 146 valence electrons. The van der Waals surface area contributed by atoms with Crippen LogP contribution in [0, 0.1) is 6.92 Å². The first-order valence-electron chi connectivity index (χ1n) is 8.92. The van der Waals surface area contributed by atoms with Gasteiger partial charge in [0, 0.05) is 10.6 Å². The zero-order chi connectivity index (χ0) is 20.4. The number of fused-ring (bicyclic) bond motifs is 1. The average molecular weight is 409 g/mol. The second-order valence-electron chi connectivity index (χ2n) is 6.49. The van der Waals surface area contributed by atoms with Gasteiger partial charge in [0.1, 0.15) is 11.5 Å². The van der Waals surface area contributed by atoms with Gasteiger partial charge in [-0.25, -0.2) is 0 Å². The Bertz CT molecular complexity index is 1130. The molecule has 0 spiro atoms. The molecule has 3 aromatic rings. The molecular weight excluding hydrogens is 392 g/mol. The van der Waals surface area contributed by atoms with Crippen LogP contribution in [0.25, 0.3) is 6.08 Å². The fourth-order valence-electron chi connectivity index (χ4n) is 2.88. The fourth-order valence-corrected chi connectivity index (χ4v) is 3.07. The summed E-state index contributed by atoms with van der Waals surface area (Å²) in [5.41, 5.74) is 1.49. The normalized spacial score (nSPS) is 14.1. The Morgan fingerprint density at radius 2 is 2.00 bits per heavy atom. The number of carbonyl (C=O) groups is 2. The first kappa shape index (κ1) is 18.8. The number of aryl methyl sites for hydroxylation is 1. The molecule has 7 heteroatoms. The summed E-state index contributed by atoms with van der Waals surface area (Å²) >= 11 is 6.14. The van der Waals surface area contributed by atoms with Crippen LogP contribution in [0.15, 0.2) is 64.8 Å². The maximum atomic E-state index is 12.4. The topological polar surface area (TPSA) is 80.6 Å². The lowest BCUT2D eigenvalue weighted by atomic mass is 10.1. The molecule has 0 radical (unpaired) electrons. The Hall–Kier alpha value is -3.51. The van der Waals surface area contributed by atoms with E-state index in [2.05, 4.69) is 10.6 Å². The summed E-state index contributed by atoms with van der Waals surface area (Å²) < 4.78 is 11.1. The van der Waals surface area contributed by atoms with Crippen molar-refractivity contribution in [3.05, 3.63) is 88.0 Å². The fraction of sp³-hybridized carbons (Fsp3) is 0.0909. The number of anilines is 1. The zero-order valence-corrected chi connectivity index (χ0v) is 16.2. The van der Waals surface area contributed by atoms with E-state index in [0.717, 1.165) is 5.76 Å². The third-order valence-electron chi connectivity index (χ3n) is 4.34. The first-order chi connectivity index (χ1) is 14.0. The Morgan fingerprint density at radius 1 is 1.17 bits per heavy atom. The molecule has 0 saturated carbocycles. The number of benzene rings is 2. The minimum Gasteiger partial charge on any atom is -0.465 e. The number of ether oxygens (including phenoxy) is 1. The lowest BCUT2D eigenvalue weighted by Crippen LogP contribution is -2.25. The van der Waals surface area contributed by atoms with Gasteiger partial charge in [0.05, 0.1) is 12.2 Å². The molecule has 2 heterocycles. The van der Waals surface area contributed by atoms with E-state index in [0.29, 0.717) is 33.3 Å². The van der Waals surface area contributed by atoms with Crippen molar-refractivity contribution in [3.8, 4) is 5.75 Å². The summed E-state index contributed by atoms with van der Waals surface area (Å²) in [4.78, 5) is 24.8. The molecule has 1 aliphatic rings. The summed E-state index contributed by atoms with van der Waals surface area (Å²) in [5, 5.41) is 6.05. The third kappa shape index (κ3) is 4.17. The van der Waals surface area contributed by atoms with Crippen molar-refractivity contribution in [3.63, 3.8) is 0 Å². The Balaban J connectivity index is 1.50. The van der Waals surface area contributed by atoms with Gasteiger partial charge in [-0.05, 0) is 55.0 Å². The molecule has 0 fully saturated rings. The van der Waals surface area contributed by atoms with E-state index >= 15 is 0 Å². The van der Waals surface area contributed by atoms with Crippen LogP contribution in [0.2, 0.25) is 5.02 Å². The van der Waals surface area contributed by atoms with Crippen molar-refractivity contribution in [1.29, 1.82) is 0 Å². The highest BCUT2D eigenvalue weighted by molar-refractivity contribution is 6.32. The largest absolute Gasteiger partial charge is 0.465 e. The van der Waals surface area contributed by atoms with E-state index in [1.807, 2.05) is 25.1 Å². The summed E-state index contributed by atoms with van der Waals surface area (Å²) in [6.45, 7) is 2.11. The van der Waals surface area contributed by atoms with Crippen LogP contribution >= 0.6 is 11.6 Å². The Morgan fingerprint density at radius 3 is 2.76 bits per heavy atom. The zero-order valence-electron chi connectivity index (χ0n) is 15.5. The molecule has 1 aromatic heterocycles. The van der Waals surface area contributed by atoms with Crippen molar-refractivity contribution in [2.24, 2.45) is 0 Å². The molecule has 2 N–H and O–H groups in total. The number of halogens is 1. The van der Waals surface area contributed by atoms with Gasteiger partial charge in [-0.1, -0.05) is 29.8 Å². The molecule has 4 rings (SSSR count). The lowest BCUT2D eigenvalue weighted by Gasteiger charge is -2.20. The van der Waals surface area contributed by atoms with Crippen LogP contribution in [-0.2, 0) is 11.3 Å². The van der Waals surface area contributed by atoms with Crippen LogP contribution < -0.4 is 15.4 Å². The quantitative estimate of drug-likeness (QED) is 0.621. The van der Waals surface area contributed by atoms with Gasteiger partial charge in [0.2, 0.25) is 0 Å². The highest BCUT2D eigenvalue weighted by Gasteiger charge is 2.23. The van der Waals surface area contributed by atoms with E-state index in [1.165, 1.54) is 0 Å². The summed E-state index contributed by atoms with van der Waals surface area (Å²) in [6.07, 6.45) is 1.58. The van der Waals surface area contributed by atoms with Crippen LogP contribution in [0.1, 0.15) is 27.4 Å². The maximum Gasteiger partial charge on any atom is 0.291 e. The molecule has 6 nitrogen and oxygen atoms in total. The molecular formula is C22H17ClN2O4. The average Bonchev–Trinajstić information content (AvgIpc) is 3.13. The number of amides is 2. The standard InChI is InChI=1S/C22H17ClN2O4/c1-13-6-8-16(28-13)12-24-21(26)15-7-9-19-18(10-15)25-22(27)20(29-19)11-14-4-2-3-5-17(14)23/h2-11H,12H2,1H3,(H,24,26)(H,25,27). The molecule has 0 saturated heterocycles. The number of furan rings is 1. The molecule has 2 amide bonds. The Kier molecular flexibility index (Phi) is 5.10. The van der Waals surface area contributed by atoms with Gasteiger partial charge in [0.15, 0.2) is 11.5 Å². The van der Waals surface area contributed by atoms with Crippen LogP contribution in [0.3, 0.4) is 0 Å². The smallest absolute Gasteiger partial charge is 0.291 e. The van der Waals surface area contributed by atoms with Crippen molar-refractivity contribution in [1.82, 2.24) is 5.32 Å². The van der Waals surface area contributed by atoms with Gasteiger partial charge >= 0.3 is 0 Å². The molecule has 0 aliphatic carbocycles. The number of nitrogens with one attached hydrogen (secondary N) is 2. The highest BCUT2D eigenvalue weighted by Crippen LogP contribution is 2.33. The predicted octanol–water partition coefficient (Wildman–Crippen LogP) is 4.54. The Labute approximate surface area is 172 Å². The van der Waals surface area contributed by atoms with E-state index in [1.54, 1.807) is 42.5 Å². The SMILES string of the molecule is Cc1ccc(CNC(=O)c2ccc3c(c2)NC(=O)C(=Cc2ccccc2Cl)O3)o1. The summed E-state index contributed by atoms with van der Waals surface area (Å²) in [7, 11) is 0. The number of rotatable bonds is 4. The van der Waals surface area contributed by atoms with Crippen LogP contribution in [-0.4, -0.2) is 11.8 Å². The predicted molar refractivity (Wildman–Crippen MR) is 110 cm³/mol. The van der Waals surface area contributed by atoms with E-state index < -0.39 is 5.91 Å². The minimum absolute atomic E-state index is 0.121. The van der Waals surface area contributed by atoms with Crippen molar-refractivity contribution in [2.45, 2.75) is 13.5 Å². The van der Waals surface area contributed by atoms with Gasteiger partial charge in [-0.3, -0.25) is 9.59 Å². The lowest BCUT2D eigenvalue weighted by molar-refractivity contribution is -0.115. The highest BCUT2D eigenvalue weighted by atomic mass is 35.5. The van der Waals surface area contributed by atoms with Crippen molar-refractivity contribution >= 4 is 35.2 Å². The monoisotopic (exact) mass is 408 g/mol. The van der Waals surface area contributed by atoms with Gasteiger partial charge in [-0.2, -0.15) is 0 Å². The van der Waals surface area contributed by atoms with Crippen LogP contribution in [0.5, 0.6) is 5.75 Å². The van der Waals surface area contributed by atoms with E-state index in [9.17, 15) is 9.59 Å². The molecule has 0 atom stereocenters. The van der Waals surface area contributed by atoms with Crippen LogP contribution in [0.4, 0.5) is 5.69 Å². The first-order valence-corrected chi connectivity index (χ1v) is 9.30. The number of carbonyl (C=O) groups excluding carboxylic acids is 2. The minimum atomic E-state index is -0.416. The van der Waals surface area contributed by atoms with Gasteiger partial charge < -0.3 is 19.8 Å². The second-order valence-corrected chi connectivity index (χ2v) is 6.90. The third-order valence-corrected chi connectivity index (χ3v) is 4.69. The maximum absolute atomic E-state index is 12.4. The van der Waals surface area contributed by atoms with Gasteiger partial charge in [0.25, 0.3) is 11.8 Å². The number of hydrogen-bond acceptors (Lipinski definition) is 4. The second kappa shape index (κ2) is 7.85. The van der Waals surface area contributed by atoms with E-state index in [-0.39, 0.29) is 18.2 Å².